The Kier molecular flexibility index (Phi) is 6.69. The van der Waals surface area contributed by atoms with Crippen LogP contribution in [0.2, 0.25) is 0 Å². The number of aryl methyl sites for hydroxylation is 1. The number of nitrogens with zero attached hydrogens (tertiary/aromatic N) is 2. The third-order valence-electron chi connectivity index (χ3n) is 4.20. The van der Waals surface area contributed by atoms with Crippen LogP contribution in [0.1, 0.15) is 31.2 Å². The number of hydrogen-bond acceptors (Lipinski definition) is 5. The van der Waals surface area contributed by atoms with Crippen molar-refractivity contribution >= 4 is 17.3 Å². The van der Waals surface area contributed by atoms with Crippen molar-refractivity contribution in [1.82, 2.24) is 4.90 Å². The van der Waals surface area contributed by atoms with E-state index in [-0.39, 0.29) is 17.7 Å². The zero-order chi connectivity index (χ0) is 17.5. The lowest BCUT2D eigenvalue weighted by atomic mass is 10.1. The highest BCUT2D eigenvalue weighted by atomic mass is 16.6. The van der Waals surface area contributed by atoms with Crippen LogP contribution in [0, 0.1) is 17.0 Å². The lowest BCUT2D eigenvalue weighted by Gasteiger charge is -2.27. The number of amides is 1. The standard InChI is InChI=1S/C17H25N3O4/c1-13-11-14(20(22)23)6-7-16(13)18-17(21)8-9-19(2)12-15-5-3-4-10-24-15/h6-7,11,15H,3-5,8-10,12H2,1-2H3,(H,18,21). The van der Waals surface area contributed by atoms with Crippen molar-refractivity contribution in [1.29, 1.82) is 0 Å². The van der Waals surface area contributed by atoms with Crippen LogP contribution < -0.4 is 5.32 Å². The molecule has 7 heteroatoms. The van der Waals surface area contributed by atoms with Crippen LogP contribution >= 0.6 is 0 Å². The second-order valence-electron chi connectivity index (χ2n) is 6.31. The van der Waals surface area contributed by atoms with Crippen LogP contribution in [0.3, 0.4) is 0 Å². The molecular weight excluding hydrogens is 310 g/mol. The Morgan fingerprint density at radius 2 is 2.25 bits per heavy atom. The summed E-state index contributed by atoms with van der Waals surface area (Å²) in [7, 11) is 1.99. The molecule has 0 spiro atoms. The number of ether oxygens (including phenoxy) is 1. The molecule has 1 N–H and O–H groups in total. The highest BCUT2D eigenvalue weighted by Crippen LogP contribution is 2.21. The van der Waals surface area contributed by atoms with Gasteiger partial charge in [0.15, 0.2) is 0 Å². The van der Waals surface area contributed by atoms with Crippen molar-refractivity contribution in [3.05, 3.63) is 33.9 Å². The predicted molar refractivity (Wildman–Crippen MR) is 92.2 cm³/mol. The molecule has 132 valence electrons. The quantitative estimate of drug-likeness (QED) is 0.612. The molecule has 0 aromatic heterocycles. The Morgan fingerprint density at radius 3 is 2.88 bits per heavy atom. The van der Waals surface area contributed by atoms with Gasteiger partial charge in [0.25, 0.3) is 5.69 Å². The number of benzene rings is 1. The first-order valence-electron chi connectivity index (χ1n) is 8.31. The summed E-state index contributed by atoms with van der Waals surface area (Å²) in [5.41, 5.74) is 1.32. The van der Waals surface area contributed by atoms with Gasteiger partial charge < -0.3 is 15.0 Å². The Labute approximate surface area is 142 Å². The molecule has 1 aliphatic heterocycles. The molecule has 1 aromatic carbocycles. The van der Waals surface area contributed by atoms with E-state index in [1.807, 2.05) is 7.05 Å². The van der Waals surface area contributed by atoms with E-state index in [0.29, 0.717) is 24.2 Å². The van der Waals surface area contributed by atoms with Crippen LogP contribution in [0.4, 0.5) is 11.4 Å². The number of rotatable bonds is 7. The van der Waals surface area contributed by atoms with E-state index < -0.39 is 4.92 Å². The maximum Gasteiger partial charge on any atom is 0.269 e. The molecule has 1 saturated heterocycles. The van der Waals surface area contributed by atoms with E-state index in [2.05, 4.69) is 10.2 Å². The fourth-order valence-electron chi connectivity index (χ4n) is 2.80. The summed E-state index contributed by atoms with van der Waals surface area (Å²) in [6, 6.07) is 4.43. The van der Waals surface area contributed by atoms with Gasteiger partial charge in [-0.2, -0.15) is 0 Å². The van der Waals surface area contributed by atoms with Crippen molar-refractivity contribution in [2.75, 3.05) is 32.1 Å². The van der Waals surface area contributed by atoms with Gasteiger partial charge in [-0.3, -0.25) is 14.9 Å². The smallest absolute Gasteiger partial charge is 0.269 e. The molecule has 7 nitrogen and oxygen atoms in total. The molecule has 1 heterocycles. The minimum atomic E-state index is -0.444. The first-order valence-corrected chi connectivity index (χ1v) is 8.31. The number of anilines is 1. The first kappa shape index (κ1) is 18.4. The van der Waals surface area contributed by atoms with Gasteiger partial charge in [0.05, 0.1) is 11.0 Å². The third-order valence-corrected chi connectivity index (χ3v) is 4.20. The highest BCUT2D eigenvalue weighted by Gasteiger charge is 2.16. The summed E-state index contributed by atoms with van der Waals surface area (Å²) < 4.78 is 5.70. The van der Waals surface area contributed by atoms with Gasteiger partial charge >= 0.3 is 0 Å². The van der Waals surface area contributed by atoms with Crippen molar-refractivity contribution < 1.29 is 14.5 Å². The van der Waals surface area contributed by atoms with Crippen LogP contribution in [0.5, 0.6) is 0 Å². The Morgan fingerprint density at radius 1 is 1.46 bits per heavy atom. The maximum atomic E-state index is 12.1. The molecule has 1 atom stereocenters. The minimum absolute atomic E-state index is 0.0257. The monoisotopic (exact) mass is 335 g/mol. The second-order valence-corrected chi connectivity index (χ2v) is 6.31. The van der Waals surface area contributed by atoms with E-state index in [1.165, 1.54) is 18.6 Å². The molecule has 24 heavy (non-hydrogen) atoms. The van der Waals surface area contributed by atoms with Crippen molar-refractivity contribution in [3.63, 3.8) is 0 Å². The van der Waals surface area contributed by atoms with E-state index in [4.69, 9.17) is 4.74 Å². The molecular formula is C17H25N3O4. The number of likely N-dealkylation sites (N-methyl/N-ethyl adjacent to an activating group) is 1. The maximum absolute atomic E-state index is 12.1. The molecule has 0 bridgehead atoms. The highest BCUT2D eigenvalue weighted by molar-refractivity contribution is 5.91. The molecule has 1 amide bonds. The number of non-ortho nitro benzene ring substituents is 1. The molecule has 0 radical (unpaired) electrons. The third kappa shape index (κ3) is 5.58. The molecule has 1 aliphatic rings. The van der Waals surface area contributed by atoms with Crippen LogP contribution in [-0.4, -0.2) is 48.6 Å². The summed E-state index contributed by atoms with van der Waals surface area (Å²) in [4.78, 5) is 24.5. The van der Waals surface area contributed by atoms with Gasteiger partial charge in [-0.15, -0.1) is 0 Å². The number of carbonyl (C=O) groups excluding carboxylic acids is 1. The molecule has 1 unspecified atom stereocenters. The van der Waals surface area contributed by atoms with E-state index >= 15 is 0 Å². The summed E-state index contributed by atoms with van der Waals surface area (Å²) in [6.45, 7) is 4.06. The van der Waals surface area contributed by atoms with Gasteiger partial charge in [-0.05, 0) is 44.9 Å². The fraction of sp³-hybridized carbons (Fsp3) is 0.588. The lowest BCUT2D eigenvalue weighted by molar-refractivity contribution is -0.384. The van der Waals surface area contributed by atoms with Crippen molar-refractivity contribution in [3.8, 4) is 0 Å². The number of nitro groups is 1. The first-order chi connectivity index (χ1) is 11.5. The van der Waals surface area contributed by atoms with Crippen LogP contribution in [0.15, 0.2) is 18.2 Å². The predicted octanol–water partition coefficient (Wildman–Crippen LogP) is 2.73. The minimum Gasteiger partial charge on any atom is -0.377 e. The van der Waals surface area contributed by atoms with Crippen molar-refractivity contribution in [2.24, 2.45) is 0 Å². The molecule has 1 fully saturated rings. The zero-order valence-corrected chi connectivity index (χ0v) is 14.3. The largest absolute Gasteiger partial charge is 0.377 e. The molecule has 2 rings (SSSR count). The van der Waals surface area contributed by atoms with Crippen molar-refractivity contribution in [2.45, 2.75) is 38.7 Å². The number of nitro benzene ring substituents is 1. The van der Waals surface area contributed by atoms with E-state index in [0.717, 1.165) is 26.0 Å². The second kappa shape index (κ2) is 8.75. The van der Waals surface area contributed by atoms with Gasteiger partial charge in [0.1, 0.15) is 0 Å². The van der Waals surface area contributed by atoms with E-state index in [9.17, 15) is 14.9 Å². The summed E-state index contributed by atoms with van der Waals surface area (Å²) in [5.74, 6) is -0.0941. The Bertz CT molecular complexity index is 585. The van der Waals surface area contributed by atoms with Gasteiger partial charge in [-0.1, -0.05) is 0 Å². The average molecular weight is 335 g/mol. The van der Waals surface area contributed by atoms with E-state index in [1.54, 1.807) is 13.0 Å². The number of hydrogen-bond donors (Lipinski definition) is 1. The molecule has 0 aliphatic carbocycles. The van der Waals surface area contributed by atoms with Gasteiger partial charge in [-0.25, -0.2) is 0 Å². The summed E-state index contributed by atoms with van der Waals surface area (Å²) in [6.07, 6.45) is 4.07. The SMILES string of the molecule is Cc1cc([N+](=O)[O-])ccc1NC(=O)CCN(C)CC1CCCCO1. The average Bonchev–Trinajstić information content (AvgIpc) is 2.55. The summed E-state index contributed by atoms with van der Waals surface area (Å²) >= 11 is 0. The molecule has 1 aromatic rings. The van der Waals surface area contributed by atoms with Crippen LogP contribution in [-0.2, 0) is 9.53 Å². The summed E-state index contributed by atoms with van der Waals surface area (Å²) in [5, 5.41) is 13.5. The number of carbonyl (C=O) groups is 1. The fourth-order valence-corrected chi connectivity index (χ4v) is 2.80. The Balaban J connectivity index is 1.77. The lowest BCUT2D eigenvalue weighted by Crippen LogP contribution is -2.35. The normalized spacial score (nSPS) is 17.7. The van der Waals surface area contributed by atoms with Crippen LogP contribution in [0.25, 0.3) is 0 Å². The van der Waals surface area contributed by atoms with Gasteiger partial charge in [0, 0.05) is 43.9 Å². The Hall–Kier alpha value is -1.99. The topological polar surface area (TPSA) is 84.7 Å². The zero-order valence-electron chi connectivity index (χ0n) is 14.3. The molecule has 0 saturated carbocycles. The number of nitrogens with one attached hydrogen (secondary N) is 1. The van der Waals surface area contributed by atoms with Gasteiger partial charge in [0.2, 0.25) is 5.91 Å².